The number of aryl methyl sites for hydroxylation is 1. The van der Waals surface area contributed by atoms with Crippen LogP contribution in [0.2, 0.25) is 0 Å². The number of aliphatic hydroxyl groups is 4. The van der Waals surface area contributed by atoms with Gasteiger partial charge in [-0.15, -0.1) is 0 Å². The van der Waals surface area contributed by atoms with E-state index in [0.717, 1.165) is 4.57 Å². The highest BCUT2D eigenvalue weighted by Gasteiger charge is 2.22. The van der Waals surface area contributed by atoms with E-state index in [2.05, 4.69) is 4.98 Å². The number of nitrogens with one attached hydrogen (secondary N) is 1. The molecular weight excluding hydrogens is 256 g/mol. The normalized spacial score (nSPS) is 16.1. The zero-order chi connectivity index (χ0) is 14.6. The average Bonchev–Trinajstić information content (AvgIpc) is 2.39. The summed E-state index contributed by atoms with van der Waals surface area (Å²) >= 11 is 0. The largest absolute Gasteiger partial charge is 0.394 e. The molecule has 0 aliphatic heterocycles. The van der Waals surface area contributed by atoms with Crippen molar-refractivity contribution in [3.8, 4) is 0 Å². The molecular formula is C11H18N2O6. The van der Waals surface area contributed by atoms with E-state index in [1.165, 1.54) is 13.1 Å². The molecule has 0 fully saturated rings. The molecule has 1 heterocycles. The Balaban J connectivity index is 3.01. The lowest BCUT2D eigenvalue weighted by Crippen LogP contribution is -2.38. The number of aliphatic hydroxyl groups excluding tert-OH is 4. The van der Waals surface area contributed by atoms with Crippen LogP contribution in [0.25, 0.3) is 0 Å². The van der Waals surface area contributed by atoms with E-state index in [9.17, 15) is 24.9 Å². The van der Waals surface area contributed by atoms with Gasteiger partial charge in [0.2, 0.25) is 0 Å². The molecule has 0 saturated heterocycles. The number of hydrogen-bond donors (Lipinski definition) is 5. The van der Waals surface area contributed by atoms with Crippen molar-refractivity contribution in [3.05, 3.63) is 32.6 Å². The van der Waals surface area contributed by atoms with Crippen LogP contribution in [-0.4, -0.2) is 55.4 Å². The maximum Gasteiger partial charge on any atom is 0.328 e. The third-order valence-electron chi connectivity index (χ3n) is 2.89. The molecule has 1 aromatic rings. The second kappa shape index (κ2) is 6.62. The monoisotopic (exact) mass is 274 g/mol. The first kappa shape index (κ1) is 15.6. The van der Waals surface area contributed by atoms with Crippen molar-refractivity contribution in [2.75, 3.05) is 13.2 Å². The molecule has 0 spiro atoms. The summed E-state index contributed by atoms with van der Waals surface area (Å²) in [6.07, 6.45) is -1.50. The van der Waals surface area contributed by atoms with Gasteiger partial charge in [-0.1, -0.05) is 0 Å². The molecule has 19 heavy (non-hydrogen) atoms. The molecule has 8 nitrogen and oxygen atoms in total. The summed E-state index contributed by atoms with van der Waals surface area (Å²) in [5, 5.41) is 36.8. The number of aromatic nitrogens is 2. The van der Waals surface area contributed by atoms with Gasteiger partial charge >= 0.3 is 5.69 Å². The third-order valence-corrected chi connectivity index (χ3v) is 2.89. The highest BCUT2D eigenvalue weighted by Crippen LogP contribution is 2.13. The van der Waals surface area contributed by atoms with E-state index in [4.69, 9.17) is 5.11 Å². The molecule has 0 unspecified atom stereocenters. The average molecular weight is 274 g/mol. The molecule has 0 aromatic carbocycles. The number of aromatic amines is 1. The smallest absolute Gasteiger partial charge is 0.328 e. The molecule has 0 aliphatic carbocycles. The molecule has 3 atom stereocenters. The molecule has 1 aromatic heterocycles. The van der Waals surface area contributed by atoms with Crippen molar-refractivity contribution < 1.29 is 20.4 Å². The summed E-state index contributed by atoms with van der Waals surface area (Å²) in [5.74, 6) is 0. The number of H-pyrrole nitrogens is 1. The van der Waals surface area contributed by atoms with Gasteiger partial charge in [-0.05, 0) is 13.3 Å². The van der Waals surface area contributed by atoms with Crippen LogP contribution >= 0.6 is 0 Å². The number of rotatable bonds is 6. The van der Waals surface area contributed by atoms with Crippen molar-refractivity contribution in [2.45, 2.75) is 31.6 Å². The van der Waals surface area contributed by atoms with Gasteiger partial charge in [0.15, 0.2) is 0 Å². The van der Waals surface area contributed by atoms with E-state index in [-0.39, 0.29) is 12.0 Å². The van der Waals surface area contributed by atoms with Gasteiger partial charge in [-0.3, -0.25) is 14.3 Å². The highest BCUT2D eigenvalue weighted by molar-refractivity contribution is 5.02. The molecule has 108 valence electrons. The minimum atomic E-state index is -1.35. The molecule has 0 saturated carbocycles. The summed E-state index contributed by atoms with van der Waals surface area (Å²) in [5.41, 5.74) is -0.940. The van der Waals surface area contributed by atoms with Gasteiger partial charge in [0.05, 0.1) is 25.4 Å². The quantitative estimate of drug-likeness (QED) is 0.388. The van der Waals surface area contributed by atoms with Gasteiger partial charge in [0.1, 0.15) is 6.10 Å². The summed E-state index contributed by atoms with van der Waals surface area (Å²) in [6.45, 7) is 0.418. The minimum Gasteiger partial charge on any atom is -0.394 e. The van der Waals surface area contributed by atoms with E-state index in [0.29, 0.717) is 0 Å². The van der Waals surface area contributed by atoms with Crippen LogP contribution in [0.3, 0.4) is 0 Å². The topological polar surface area (TPSA) is 136 Å². The van der Waals surface area contributed by atoms with Crippen molar-refractivity contribution in [2.24, 2.45) is 0 Å². The third kappa shape index (κ3) is 3.74. The van der Waals surface area contributed by atoms with Gasteiger partial charge in [0.25, 0.3) is 5.56 Å². The molecule has 8 heteroatoms. The Hall–Kier alpha value is -1.48. The van der Waals surface area contributed by atoms with E-state index < -0.39 is 42.7 Å². The lowest BCUT2D eigenvalue weighted by Gasteiger charge is -2.22. The van der Waals surface area contributed by atoms with Crippen molar-refractivity contribution in [1.29, 1.82) is 0 Å². The Bertz CT molecular complexity index is 523. The van der Waals surface area contributed by atoms with E-state index >= 15 is 0 Å². The number of nitrogens with zero attached hydrogens (tertiary/aromatic N) is 1. The Morgan fingerprint density at radius 2 is 1.84 bits per heavy atom. The summed E-state index contributed by atoms with van der Waals surface area (Å²) in [6, 6.07) is -0.806. The predicted octanol–water partition coefficient (Wildman–Crippen LogP) is -2.52. The minimum absolute atomic E-state index is 0.135. The lowest BCUT2D eigenvalue weighted by molar-refractivity contribution is -0.0274. The molecule has 0 aliphatic rings. The predicted molar refractivity (Wildman–Crippen MR) is 65.9 cm³/mol. The van der Waals surface area contributed by atoms with E-state index in [1.54, 1.807) is 0 Å². The lowest BCUT2D eigenvalue weighted by atomic mass is 10.1. The standard InChI is InChI=1S/C11H18N2O6/c1-6-3-13(11(19)12-10(6)18)7(4-14)2-8(16)9(17)5-15/h3,7-9,14-17H,2,4-5H2,1H3,(H,12,18,19)/t7-,8+,9-/m1/s1. The Kier molecular flexibility index (Phi) is 5.43. The Labute approximate surface area is 108 Å². The van der Waals surface area contributed by atoms with Crippen LogP contribution in [0.5, 0.6) is 0 Å². The van der Waals surface area contributed by atoms with Crippen LogP contribution in [0.1, 0.15) is 18.0 Å². The van der Waals surface area contributed by atoms with Gasteiger partial charge in [-0.25, -0.2) is 4.79 Å². The maximum absolute atomic E-state index is 11.6. The van der Waals surface area contributed by atoms with Crippen LogP contribution < -0.4 is 11.2 Å². The van der Waals surface area contributed by atoms with Gasteiger partial charge in [-0.2, -0.15) is 0 Å². The Morgan fingerprint density at radius 1 is 1.21 bits per heavy atom. The summed E-state index contributed by atoms with van der Waals surface area (Å²) < 4.78 is 1.09. The fourth-order valence-corrected chi connectivity index (χ4v) is 1.69. The molecule has 5 N–H and O–H groups in total. The molecule has 0 bridgehead atoms. The first-order valence-electron chi connectivity index (χ1n) is 5.80. The SMILES string of the molecule is Cc1cn([C@@H](CO)C[C@H](O)[C@H](O)CO)c(=O)[nH]c1=O. The summed E-state index contributed by atoms with van der Waals surface area (Å²) in [4.78, 5) is 24.9. The second-order valence-electron chi connectivity index (χ2n) is 4.37. The Morgan fingerprint density at radius 3 is 2.37 bits per heavy atom. The zero-order valence-corrected chi connectivity index (χ0v) is 10.5. The van der Waals surface area contributed by atoms with E-state index in [1.807, 2.05) is 0 Å². The molecule has 1 rings (SSSR count). The van der Waals surface area contributed by atoms with Crippen molar-refractivity contribution in [1.82, 2.24) is 9.55 Å². The first-order valence-corrected chi connectivity index (χ1v) is 5.80. The highest BCUT2D eigenvalue weighted by atomic mass is 16.4. The maximum atomic E-state index is 11.6. The van der Waals surface area contributed by atoms with Crippen LogP contribution in [0.15, 0.2) is 15.8 Å². The second-order valence-corrected chi connectivity index (χ2v) is 4.37. The fourth-order valence-electron chi connectivity index (χ4n) is 1.69. The summed E-state index contributed by atoms with van der Waals surface area (Å²) in [7, 11) is 0. The molecule has 0 amide bonds. The molecule has 0 radical (unpaired) electrons. The van der Waals surface area contributed by atoms with Crippen molar-refractivity contribution >= 4 is 0 Å². The van der Waals surface area contributed by atoms with Gasteiger partial charge < -0.3 is 20.4 Å². The zero-order valence-electron chi connectivity index (χ0n) is 10.5. The van der Waals surface area contributed by atoms with Gasteiger partial charge in [0, 0.05) is 11.8 Å². The van der Waals surface area contributed by atoms with Crippen molar-refractivity contribution in [3.63, 3.8) is 0 Å². The van der Waals surface area contributed by atoms with Crippen LogP contribution in [0.4, 0.5) is 0 Å². The van der Waals surface area contributed by atoms with Crippen LogP contribution in [0, 0.1) is 6.92 Å². The fraction of sp³-hybridized carbons (Fsp3) is 0.636. The van der Waals surface area contributed by atoms with Crippen LogP contribution in [-0.2, 0) is 0 Å². The number of hydrogen-bond acceptors (Lipinski definition) is 6. The first-order chi connectivity index (χ1) is 8.90.